The smallest absolute Gasteiger partial charge is 0.326 e. The van der Waals surface area contributed by atoms with Gasteiger partial charge in [-0.2, -0.15) is 0 Å². The first-order chi connectivity index (χ1) is 18.9. The van der Waals surface area contributed by atoms with E-state index in [9.17, 15) is 19.2 Å². The van der Waals surface area contributed by atoms with E-state index >= 15 is 0 Å². The van der Waals surface area contributed by atoms with E-state index in [0.717, 1.165) is 27.2 Å². The second-order valence-corrected chi connectivity index (χ2v) is 9.80. The van der Waals surface area contributed by atoms with E-state index in [-0.39, 0.29) is 23.7 Å². The maximum Gasteiger partial charge on any atom is 0.326 e. The highest BCUT2D eigenvalue weighted by Crippen LogP contribution is 2.60. The van der Waals surface area contributed by atoms with Crippen LogP contribution < -0.4 is 14.8 Å². The first-order valence-corrected chi connectivity index (χ1v) is 12.6. The largest absolute Gasteiger partial charge is 0.497 e. The maximum atomic E-state index is 13.6. The first kappa shape index (κ1) is 24.7. The summed E-state index contributed by atoms with van der Waals surface area (Å²) in [4.78, 5) is 53.3. The first-order valence-electron chi connectivity index (χ1n) is 12.6. The third-order valence-corrected chi connectivity index (χ3v) is 7.87. The number of carbonyl (C=O) groups excluding carboxylic acids is 4. The highest BCUT2D eigenvalue weighted by Gasteiger charge is 2.61. The normalized spacial score (nSPS) is 22.1. The Balaban J connectivity index is 1.15. The fraction of sp³-hybridized carbons (Fsp3) is 0.267. The van der Waals surface area contributed by atoms with Crippen molar-refractivity contribution >= 4 is 29.4 Å². The molecule has 39 heavy (non-hydrogen) atoms. The average Bonchev–Trinajstić information content (AvgIpc) is 3.21. The van der Waals surface area contributed by atoms with E-state index < -0.39 is 36.9 Å². The van der Waals surface area contributed by atoms with Gasteiger partial charge in [0.25, 0.3) is 5.91 Å². The zero-order chi connectivity index (χ0) is 27.3. The SMILES string of the molecule is COc1ccc(NC(=O)COC(=O)CN2C(=O)[C@@H]3C4c5ccccc5C(c5ccccc54)[C@@H]3C2=O)c(OC)c1. The Kier molecular flexibility index (Phi) is 6.06. The third-order valence-electron chi connectivity index (χ3n) is 7.87. The lowest BCUT2D eigenvalue weighted by molar-refractivity contribution is -0.154. The van der Waals surface area contributed by atoms with Gasteiger partial charge in [0, 0.05) is 17.9 Å². The van der Waals surface area contributed by atoms with Gasteiger partial charge < -0.3 is 19.5 Å². The number of imide groups is 1. The highest BCUT2D eigenvalue weighted by molar-refractivity contribution is 6.09. The van der Waals surface area contributed by atoms with Crippen molar-refractivity contribution in [2.24, 2.45) is 11.8 Å². The van der Waals surface area contributed by atoms with E-state index in [2.05, 4.69) is 5.32 Å². The molecule has 9 nitrogen and oxygen atoms in total. The van der Waals surface area contributed by atoms with Crippen LogP contribution in [0.25, 0.3) is 0 Å². The van der Waals surface area contributed by atoms with E-state index in [4.69, 9.17) is 14.2 Å². The molecule has 1 N–H and O–H groups in total. The Morgan fingerprint density at radius 2 is 1.33 bits per heavy atom. The Bertz CT molecular complexity index is 1400. The summed E-state index contributed by atoms with van der Waals surface area (Å²) in [5, 5.41) is 2.62. The fourth-order valence-electron chi connectivity index (χ4n) is 6.30. The number of carbonyl (C=O) groups is 4. The molecule has 3 amide bonds. The molecular weight excluding hydrogens is 500 g/mol. The second-order valence-electron chi connectivity index (χ2n) is 9.80. The molecule has 0 spiro atoms. The Hall–Kier alpha value is -4.66. The van der Waals surface area contributed by atoms with Gasteiger partial charge in [-0.05, 0) is 34.4 Å². The van der Waals surface area contributed by atoms with Crippen molar-refractivity contribution in [2.45, 2.75) is 11.8 Å². The molecule has 4 aliphatic rings. The van der Waals surface area contributed by atoms with E-state index in [1.165, 1.54) is 14.2 Å². The molecule has 3 aliphatic carbocycles. The number of nitrogens with one attached hydrogen (secondary N) is 1. The third kappa shape index (κ3) is 3.93. The summed E-state index contributed by atoms with van der Waals surface area (Å²) in [5.41, 5.74) is 4.59. The molecule has 0 radical (unpaired) electrons. The summed E-state index contributed by atoms with van der Waals surface area (Å²) in [6.07, 6.45) is 0. The van der Waals surface area contributed by atoms with Gasteiger partial charge in [-0.15, -0.1) is 0 Å². The van der Waals surface area contributed by atoms with Crippen molar-refractivity contribution in [3.05, 3.63) is 89.0 Å². The molecule has 2 atom stereocenters. The van der Waals surface area contributed by atoms with Crippen molar-refractivity contribution in [1.29, 1.82) is 0 Å². The number of ether oxygens (including phenoxy) is 3. The highest BCUT2D eigenvalue weighted by atomic mass is 16.5. The second kappa shape index (κ2) is 9.58. The quantitative estimate of drug-likeness (QED) is 0.372. The van der Waals surface area contributed by atoms with Gasteiger partial charge in [-0.1, -0.05) is 48.5 Å². The number of rotatable bonds is 7. The molecular formula is C30H26N2O7. The zero-order valence-corrected chi connectivity index (χ0v) is 21.4. The predicted molar refractivity (Wildman–Crippen MR) is 139 cm³/mol. The summed E-state index contributed by atoms with van der Waals surface area (Å²) in [6.45, 7) is -1.13. The molecule has 3 aromatic rings. The van der Waals surface area contributed by atoms with Crippen molar-refractivity contribution in [3.8, 4) is 11.5 Å². The maximum absolute atomic E-state index is 13.6. The number of hydrogen-bond acceptors (Lipinski definition) is 7. The Morgan fingerprint density at radius 3 is 1.82 bits per heavy atom. The van der Waals surface area contributed by atoms with Crippen LogP contribution in [0.4, 0.5) is 5.69 Å². The van der Waals surface area contributed by atoms with Gasteiger partial charge in [-0.25, -0.2) is 0 Å². The lowest BCUT2D eigenvalue weighted by Crippen LogP contribution is -2.41. The number of methoxy groups -OCH3 is 2. The minimum Gasteiger partial charge on any atom is -0.497 e. The lowest BCUT2D eigenvalue weighted by atomic mass is 9.55. The van der Waals surface area contributed by atoms with E-state index in [1.807, 2.05) is 48.5 Å². The van der Waals surface area contributed by atoms with Gasteiger partial charge in [0.15, 0.2) is 6.61 Å². The van der Waals surface area contributed by atoms with Gasteiger partial charge in [0.1, 0.15) is 18.0 Å². The van der Waals surface area contributed by atoms with Gasteiger partial charge >= 0.3 is 5.97 Å². The summed E-state index contributed by atoms with van der Waals surface area (Å²) >= 11 is 0. The van der Waals surface area contributed by atoms with Gasteiger partial charge in [0.2, 0.25) is 11.8 Å². The van der Waals surface area contributed by atoms with Crippen molar-refractivity contribution in [3.63, 3.8) is 0 Å². The number of benzene rings is 3. The van der Waals surface area contributed by atoms with E-state index in [1.54, 1.807) is 18.2 Å². The summed E-state index contributed by atoms with van der Waals surface area (Å²) in [5.74, 6) is -2.93. The number of hydrogen-bond donors (Lipinski definition) is 1. The lowest BCUT2D eigenvalue weighted by Gasteiger charge is -2.45. The number of esters is 1. The number of amides is 3. The van der Waals surface area contributed by atoms with Crippen LogP contribution >= 0.6 is 0 Å². The summed E-state index contributed by atoms with van der Waals surface area (Å²) < 4.78 is 15.5. The molecule has 2 bridgehead atoms. The molecule has 3 aromatic carbocycles. The van der Waals surface area contributed by atoms with Crippen LogP contribution in [0.15, 0.2) is 66.7 Å². The fourth-order valence-corrected chi connectivity index (χ4v) is 6.30. The van der Waals surface area contributed by atoms with Crippen molar-refractivity contribution < 1.29 is 33.4 Å². The molecule has 198 valence electrons. The minimum absolute atomic E-state index is 0.255. The molecule has 0 aromatic heterocycles. The van der Waals surface area contributed by atoms with Crippen LogP contribution in [0.1, 0.15) is 34.1 Å². The molecule has 0 unspecified atom stereocenters. The van der Waals surface area contributed by atoms with Crippen LogP contribution in [-0.4, -0.2) is 56.0 Å². The average molecular weight is 527 g/mol. The van der Waals surface area contributed by atoms with Gasteiger partial charge in [-0.3, -0.25) is 24.1 Å². The number of likely N-dealkylation sites (tertiary alicyclic amines) is 1. The van der Waals surface area contributed by atoms with E-state index in [0.29, 0.717) is 17.2 Å². The van der Waals surface area contributed by atoms with Crippen LogP contribution in [0.2, 0.25) is 0 Å². The van der Waals surface area contributed by atoms with Gasteiger partial charge in [0.05, 0.1) is 31.7 Å². The van der Waals surface area contributed by atoms with Crippen LogP contribution in [0.5, 0.6) is 11.5 Å². The molecule has 7 rings (SSSR count). The summed E-state index contributed by atoms with van der Waals surface area (Å²) in [7, 11) is 2.97. The van der Waals surface area contributed by atoms with Crippen LogP contribution in [0, 0.1) is 11.8 Å². The topological polar surface area (TPSA) is 111 Å². The van der Waals surface area contributed by atoms with Crippen molar-refractivity contribution in [2.75, 3.05) is 32.7 Å². The molecule has 9 heteroatoms. The molecule has 0 saturated carbocycles. The predicted octanol–water partition coefficient (Wildman–Crippen LogP) is 3.08. The zero-order valence-electron chi connectivity index (χ0n) is 21.4. The Labute approximate surface area is 224 Å². The molecule has 1 saturated heterocycles. The monoisotopic (exact) mass is 526 g/mol. The Morgan fingerprint density at radius 1 is 0.795 bits per heavy atom. The van der Waals surface area contributed by atoms with Crippen molar-refractivity contribution in [1.82, 2.24) is 4.90 Å². The molecule has 1 aliphatic heterocycles. The summed E-state index contributed by atoms with van der Waals surface area (Å²) in [6, 6.07) is 20.7. The minimum atomic E-state index is -0.838. The number of anilines is 1. The molecule has 1 heterocycles. The standard InChI is InChI=1S/C30H26N2O7/c1-37-16-11-12-21(22(13-16)38-2)31-23(33)15-39-24(34)14-32-29(35)27-25-17-7-3-4-8-18(17)26(28(27)30(32)36)20-10-6-5-9-19(20)25/h3-13,25-28H,14-15H2,1-2H3,(H,31,33)/t25?,26?,27-,28+. The van der Waals surface area contributed by atoms with Crippen LogP contribution in [-0.2, 0) is 23.9 Å². The van der Waals surface area contributed by atoms with Crippen LogP contribution in [0.3, 0.4) is 0 Å². The number of nitrogens with zero attached hydrogens (tertiary/aromatic N) is 1. The molecule has 1 fully saturated rings.